The number of rotatable bonds is 4. The Morgan fingerprint density at radius 1 is 1.35 bits per heavy atom. The molecule has 4 heteroatoms. The third kappa shape index (κ3) is 3.51. The highest BCUT2D eigenvalue weighted by molar-refractivity contribution is 5.95. The maximum Gasteiger partial charge on any atom is 0.230 e. The number of ether oxygens (including phenoxy) is 1. The fourth-order valence-corrected chi connectivity index (χ4v) is 2.61. The van der Waals surface area contributed by atoms with E-state index in [1.54, 1.807) is 4.90 Å². The number of carbonyl (C=O) groups is 1. The molecule has 0 bridgehead atoms. The third-order valence-corrected chi connectivity index (χ3v) is 3.49. The van der Waals surface area contributed by atoms with E-state index in [1.807, 2.05) is 13.1 Å². The van der Waals surface area contributed by atoms with Gasteiger partial charge in [0.1, 0.15) is 5.75 Å². The Bertz CT molecular complexity index is 485. The number of fused-ring (bicyclic) bond motifs is 1. The van der Waals surface area contributed by atoms with Gasteiger partial charge in [-0.05, 0) is 31.0 Å². The van der Waals surface area contributed by atoms with E-state index in [0.29, 0.717) is 25.1 Å². The fourth-order valence-electron chi connectivity index (χ4n) is 2.61. The van der Waals surface area contributed by atoms with Crippen molar-refractivity contribution < 1.29 is 9.53 Å². The van der Waals surface area contributed by atoms with Crippen molar-refractivity contribution in [2.75, 3.05) is 18.6 Å². The van der Waals surface area contributed by atoms with E-state index in [9.17, 15) is 4.79 Å². The first kappa shape index (κ1) is 14.9. The summed E-state index contributed by atoms with van der Waals surface area (Å²) in [5.74, 6) is 0.904. The van der Waals surface area contributed by atoms with Gasteiger partial charge in [0.15, 0.2) is 0 Å². The van der Waals surface area contributed by atoms with Gasteiger partial charge in [0, 0.05) is 19.1 Å². The minimum atomic E-state index is 0.106. The van der Waals surface area contributed by atoms with E-state index in [-0.39, 0.29) is 5.91 Å². The van der Waals surface area contributed by atoms with Crippen molar-refractivity contribution >= 4 is 11.6 Å². The molecular weight excluding hydrogens is 252 g/mol. The normalized spacial score (nSPS) is 16.6. The van der Waals surface area contributed by atoms with Crippen LogP contribution in [0.1, 0.15) is 32.8 Å². The zero-order valence-electron chi connectivity index (χ0n) is 12.8. The predicted molar refractivity (Wildman–Crippen MR) is 81.4 cm³/mol. The number of benzene rings is 1. The maximum atomic E-state index is 11.9. The molecule has 20 heavy (non-hydrogen) atoms. The predicted octanol–water partition coefficient (Wildman–Crippen LogP) is 2.36. The van der Waals surface area contributed by atoms with E-state index in [2.05, 4.69) is 38.2 Å². The highest BCUT2D eigenvalue weighted by atomic mass is 16.5. The smallest absolute Gasteiger partial charge is 0.230 e. The van der Waals surface area contributed by atoms with Gasteiger partial charge < -0.3 is 15.0 Å². The molecule has 0 saturated carbocycles. The number of hydrogen-bond donors (Lipinski definition) is 1. The van der Waals surface area contributed by atoms with Crippen LogP contribution < -0.4 is 15.0 Å². The molecule has 1 amide bonds. The Labute approximate surface area is 121 Å². The lowest BCUT2D eigenvalue weighted by Crippen LogP contribution is -2.33. The second kappa shape index (κ2) is 6.27. The summed E-state index contributed by atoms with van der Waals surface area (Å²) in [6, 6.07) is 7.00. The average Bonchev–Trinajstić information content (AvgIpc) is 2.50. The number of anilines is 1. The van der Waals surface area contributed by atoms with E-state index >= 15 is 0 Å². The Balaban J connectivity index is 2.18. The van der Waals surface area contributed by atoms with Gasteiger partial charge in [0.2, 0.25) is 5.91 Å². The Morgan fingerprint density at radius 2 is 2.10 bits per heavy atom. The van der Waals surface area contributed by atoms with E-state index in [1.165, 1.54) is 5.56 Å². The van der Waals surface area contributed by atoms with Crippen molar-refractivity contribution in [1.29, 1.82) is 0 Å². The second-order valence-corrected chi connectivity index (χ2v) is 5.78. The lowest BCUT2D eigenvalue weighted by atomic mass is 10.0. The lowest BCUT2D eigenvalue weighted by Gasteiger charge is -2.20. The molecule has 1 atom stereocenters. The molecule has 0 aromatic heterocycles. The van der Waals surface area contributed by atoms with Gasteiger partial charge >= 0.3 is 0 Å². The molecule has 1 aromatic rings. The first-order valence-corrected chi connectivity index (χ1v) is 7.25. The minimum absolute atomic E-state index is 0.106. The summed E-state index contributed by atoms with van der Waals surface area (Å²) in [5, 5.41) is 3.49. The molecule has 0 radical (unpaired) electrons. The zero-order valence-corrected chi connectivity index (χ0v) is 12.8. The SMILES string of the molecule is CC(C)NC(C)Cc1ccc2c(c1)N(C)C(=O)CCO2. The second-order valence-electron chi connectivity index (χ2n) is 5.78. The van der Waals surface area contributed by atoms with Crippen molar-refractivity contribution in [1.82, 2.24) is 5.32 Å². The van der Waals surface area contributed by atoms with Crippen LogP contribution in [0.2, 0.25) is 0 Å². The number of nitrogens with zero attached hydrogens (tertiary/aromatic N) is 1. The van der Waals surface area contributed by atoms with Gasteiger partial charge in [-0.25, -0.2) is 0 Å². The summed E-state index contributed by atoms with van der Waals surface area (Å²) in [6.07, 6.45) is 1.37. The monoisotopic (exact) mass is 276 g/mol. The minimum Gasteiger partial charge on any atom is -0.491 e. The van der Waals surface area contributed by atoms with Crippen LogP contribution in [0.5, 0.6) is 5.75 Å². The molecule has 2 rings (SSSR count). The summed E-state index contributed by atoms with van der Waals surface area (Å²) < 4.78 is 5.64. The molecule has 1 aromatic carbocycles. The van der Waals surface area contributed by atoms with Gasteiger partial charge in [0.05, 0.1) is 18.7 Å². The highest BCUT2D eigenvalue weighted by Gasteiger charge is 2.20. The Hall–Kier alpha value is -1.55. The van der Waals surface area contributed by atoms with Gasteiger partial charge in [-0.15, -0.1) is 0 Å². The van der Waals surface area contributed by atoms with Gasteiger partial charge in [-0.3, -0.25) is 4.79 Å². The van der Waals surface area contributed by atoms with Crippen LogP contribution in [-0.2, 0) is 11.2 Å². The molecule has 0 fully saturated rings. The van der Waals surface area contributed by atoms with Crippen molar-refractivity contribution in [3.63, 3.8) is 0 Å². The number of amides is 1. The summed E-state index contributed by atoms with van der Waals surface area (Å²) in [4.78, 5) is 13.6. The third-order valence-electron chi connectivity index (χ3n) is 3.49. The first-order chi connectivity index (χ1) is 9.47. The zero-order chi connectivity index (χ0) is 14.7. The van der Waals surface area contributed by atoms with Crippen molar-refractivity contribution in [2.24, 2.45) is 0 Å². The molecule has 1 N–H and O–H groups in total. The first-order valence-electron chi connectivity index (χ1n) is 7.25. The topological polar surface area (TPSA) is 41.6 Å². The molecule has 1 aliphatic rings. The lowest BCUT2D eigenvalue weighted by molar-refractivity contribution is -0.118. The fraction of sp³-hybridized carbons (Fsp3) is 0.562. The van der Waals surface area contributed by atoms with Crippen LogP contribution in [0.15, 0.2) is 18.2 Å². The van der Waals surface area contributed by atoms with Crippen molar-refractivity contribution in [2.45, 2.75) is 45.7 Å². The standard InChI is InChI=1S/C16H24N2O2/c1-11(2)17-12(3)9-13-5-6-15-14(10-13)18(4)16(19)7-8-20-15/h5-6,10-12,17H,7-9H2,1-4H3. The van der Waals surface area contributed by atoms with E-state index in [4.69, 9.17) is 4.74 Å². The van der Waals surface area contributed by atoms with Crippen LogP contribution in [-0.4, -0.2) is 31.6 Å². The van der Waals surface area contributed by atoms with E-state index in [0.717, 1.165) is 17.9 Å². The summed E-state index contributed by atoms with van der Waals surface area (Å²) in [5.41, 5.74) is 2.09. The molecule has 1 heterocycles. The van der Waals surface area contributed by atoms with Gasteiger partial charge in [0.25, 0.3) is 0 Å². The maximum absolute atomic E-state index is 11.9. The van der Waals surface area contributed by atoms with Crippen LogP contribution in [0.4, 0.5) is 5.69 Å². The summed E-state index contributed by atoms with van der Waals surface area (Å²) >= 11 is 0. The Morgan fingerprint density at radius 3 is 2.80 bits per heavy atom. The summed E-state index contributed by atoms with van der Waals surface area (Å²) in [6.45, 7) is 6.93. The Kier molecular flexibility index (Phi) is 4.65. The van der Waals surface area contributed by atoms with Crippen LogP contribution in [0.3, 0.4) is 0 Å². The molecule has 1 aliphatic heterocycles. The summed E-state index contributed by atoms with van der Waals surface area (Å²) in [7, 11) is 1.81. The molecule has 1 unspecified atom stereocenters. The molecule has 0 aliphatic carbocycles. The molecule has 0 spiro atoms. The highest BCUT2D eigenvalue weighted by Crippen LogP contribution is 2.31. The molecule has 4 nitrogen and oxygen atoms in total. The average molecular weight is 276 g/mol. The van der Waals surface area contributed by atoms with Crippen LogP contribution in [0, 0.1) is 0 Å². The number of carbonyl (C=O) groups excluding carboxylic acids is 1. The van der Waals surface area contributed by atoms with Crippen LogP contribution in [0.25, 0.3) is 0 Å². The van der Waals surface area contributed by atoms with Gasteiger partial charge in [-0.2, -0.15) is 0 Å². The van der Waals surface area contributed by atoms with Gasteiger partial charge in [-0.1, -0.05) is 19.9 Å². The van der Waals surface area contributed by atoms with Crippen molar-refractivity contribution in [3.05, 3.63) is 23.8 Å². The molecule has 110 valence electrons. The number of hydrogen-bond acceptors (Lipinski definition) is 3. The largest absolute Gasteiger partial charge is 0.491 e. The molecular formula is C16H24N2O2. The number of nitrogens with one attached hydrogen (secondary N) is 1. The van der Waals surface area contributed by atoms with Crippen molar-refractivity contribution in [3.8, 4) is 5.75 Å². The quantitative estimate of drug-likeness (QED) is 0.918. The molecule has 0 saturated heterocycles. The van der Waals surface area contributed by atoms with Crippen LogP contribution >= 0.6 is 0 Å². The van der Waals surface area contributed by atoms with E-state index < -0.39 is 0 Å².